The van der Waals surface area contributed by atoms with Crippen LogP contribution in [0.15, 0.2) is 54.6 Å². The van der Waals surface area contributed by atoms with E-state index in [9.17, 15) is 9.59 Å². The molecule has 0 aliphatic rings. The molecule has 0 radical (unpaired) electrons. The van der Waals surface area contributed by atoms with Crippen LogP contribution < -0.4 is 15.4 Å². The lowest BCUT2D eigenvalue weighted by molar-refractivity contribution is -0.123. The van der Waals surface area contributed by atoms with E-state index in [1.54, 1.807) is 24.3 Å². The molecule has 0 atom stereocenters. The third-order valence-corrected chi connectivity index (χ3v) is 3.83. The normalized spacial score (nSPS) is 10.4. The monoisotopic (exact) mass is 354 g/mol. The smallest absolute Gasteiger partial charge is 0.257 e. The number of ether oxygens (including phenoxy) is 1. The van der Waals surface area contributed by atoms with Gasteiger partial charge in [-0.05, 0) is 30.0 Å². The molecule has 0 fully saturated rings. The van der Waals surface area contributed by atoms with E-state index in [-0.39, 0.29) is 18.4 Å². The molecule has 0 heterocycles. The number of carbonyl (C=O) groups excluding carboxylic acids is 2. The molecule has 0 spiro atoms. The molecule has 2 amide bonds. The van der Waals surface area contributed by atoms with Crippen LogP contribution in [-0.2, 0) is 11.3 Å². The summed E-state index contributed by atoms with van der Waals surface area (Å²) in [7, 11) is 0. The Labute approximate surface area is 154 Å². The Morgan fingerprint density at radius 3 is 2.38 bits per heavy atom. The number of hydrogen-bond acceptors (Lipinski definition) is 3. The van der Waals surface area contributed by atoms with Gasteiger partial charge < -0.3 is 15.4 Å². The summed E-state index contributed by atoms with van der Waals surface area (Å²) < 4.78 is 5.56. The zero-order chi connectivity index (χ0) is 18.8. The standard InChI is InChI=1S/C21H26N2O3/c1-16(2)12-13-22-20(24)15-26-19-11-7-6-10-18(19)21(25)23-14-17-8-4-3-5-9-17/h3-11,16H,12-15H2,1-2H3,(H,22,24)(H,23,25). The van der Waals surface area contributed by atoms with Crippen molar-refractivity contribution < 1.29 is 14.3 Å². The van der Waals surface area contributed by atoms with Gasteiger partial charge in [0.25, 0.3) is 11.8 Å². The minimum Gasteiger partial charge on any atom is -0.483 e. The number of benzene rings is 2. The summed E-state index contributed by atoms with van der Waals surface area (Å²) in [6, 6.07) is 16.6. The zero-order valence-corrected chi connectivity index (χ0v) is 15.3. The number of rotatable bonds is 9. The van der Waals surface area contributed by atoms with Crippen LogP contribution in [-0.4, -0.2) is 25.0 Å². The highest BCUT2D eigenvalue weighted by Gasteiger charge is 2.13. The molecule has 0 aromatic heterocycles. The van der Waals surface area contributed by atoms with Crippen LogP contribution >= 0.6 is 0 Å². The third-order valence-electron chi connectivity index (χ3n) is 3.83. The van der Waals surface area contributed by atoms with E-state index in [4.69, 9.17) is 4.74 Å². The van der Waals surface area contributed by atoms with Crippen LogP contribution in [0.1, 0.15) is 36.2 Å². The average molecular weight is 354 g/mol. The minimum atomic E-state index is -0.232. The highest BCUT2D eigenvalue weighted by Crippen LogP contribution is 2.18. The Hall–Kier alpha value is -2.82. The summed E-state index contributed by atoms with van der Waals surface area (Å²) in [5.74, 6) is 0.511. The Balaban J connectivity index is 1.88. The van der Waals surface area contributed by atoms with Gasteiger partial charge in [-0.1, -0.05) is 56.3 Å². The summed E-state index contributed by atoms with van der Waals surface area (Å²) in [4.78, 5) is 24.3. The molecule has 0 aliphatic heterocycles. The maximum Gasteiger partial charge on any atom is 0.257 e. The van der Waals surface area contributed by atoms with Gasteiger partial charge in [-0.3, -0.25) is 9.59 Å². The molecule has 2 aromatic rings. The zero-order valence-electron chi connectivity index (χ0n) is 15.3. The molecule has 0 bridgehead atoms. The van der Waals surface area contributed by atoms with Crippen LogP contribution in [0.5, 0.6) is 5.75 Å². The summed E-state index contributed by atoms with van der Waals surface area (Å²) in [6.45, 7) is 5.16. The highest BCUT2D eigenvalue weighted by atomic mass is 16.5. The SMILES string of the molecule is CC(C)CCNC(=O)COc1ccccc1C(=O)NCc1ccccc1. The van der Waals surface area contributed by atoms with Gasteiger partial charge in [0, 0.05) is 13.1 Å². The molecular formula is C21H26N2O3. The predicted octanol–water partition coefficient (Wildman–Crippen LogP) is 3.16. The maximum atomic E-state index is 12.4. The van der Waals surface area contributed by atoms with Crippen molar-refractivity contribution in [3.63, 3.8) is 0 Å². The van der Waals surface area contributed by atoms with Crippen molar-refractivity contribution in [3.05, 3.63) is 65.7 Å². The Bertz CT molecular complexity index is 714. The summed E-state index contributed by atoms with van der Waals surface area (Å²) in [5.41, 5.74) is 1.43. The lowest BCUT2D eigenvalue weighted by Crippen LogP contribution is -2.31. The lowest BCUT2D eigenvalue weighted by Gasteiger charge is -2.12. The van der Waals surface area contributed by atoms with E-state index >= 15 is 0 Å². The van der Waals surface area contributed by atoms with E-state index in [1.165, 1.54) is 0 Å². The van der Waals surface area contributed by atoms with Crippen molar-refractivity contribution in [2.75, 3.05) is 13.2 Å². The molecule has 5 heteroatoms. The lowest BCUT2D eigenvalue weighted by atomic mass is 10.1. The quantitative estimate of drug-likeness (QED) is 0.727. The Kier molecular flexibility index (Phi) is 7.68. The number of nitrogens with one attached hydrogen (secondary N) is 2. The molecule has 26 heavy (non-hydrogen) atoms. The molecule has 2 N–H and O–H groups in total. The largest absolute Gasteiger partial charge is 0.483 e. The van der Waals surface area contributed by atoms with Gasteiger partial charge in [0.15, 0.2) is 6.61 Å². The van der Waals surface area contributed by atoms with E-state index < -0.39 is 0 Å². The van der Waals surface area contributed by atoms with Gasteiger partial charge in [-0.25, -0.2) is 0 Å². The first-order valence-corrected chi connectivity index (χ1v) is 8.87. The van der Waals surface area contributed by atoms with Gasteiger partial charge in [-0.15, -0.1) is 0 Å². The molecule has 0 aliphatic carbocycles. The van der Waals surface area contributed by atoms with Crippen molar-refractivity contribution in [2.24, 2.45) is 5.92 Å². The molecule has 2 aromatic carbocycles. The van der Waals surface area contributed by atoms with E-state index in [2.05, 4.69) is 24.5 Å². The Morgan fingerprint density at radius 2 is 1.65 bits per heavy atom. The van der Waals surface area contributed by atoms with Gasteiger partial charge in [0.05, 0.1) is 5.56 Å². The van der Waals surface area contributed by atoms with Gasteiger partial charge >= 0.3 is 0 Å². The molecule has 0 saturated carbocycles. The first-order valence-electron chi connectivity index (χ1n) is 8.87. The second-order valence-corrected chi connectivity index (χ2v) is 6.49. The van der Waals surface area contributed by atoms with Crippen LogP contribution in [0.3, 0.4) is 0 Å². The summed E-state index contributed by atoms with van der Waals surface area (Å²) in [5, 5.41) is 5.69. The first-order chi connectivity index (χ1) is 12.6. The van der Waals surface area contributed by atoms with Gasteiger partial charge in [0.1, 0.15) is 5.75 Å². The number of hydrogen-bond donors (Lipinski definition) is 2. The van der Waals surface area contributed by atoms with Crippen LogP contribution in [0.2, 0.25) is 0 Å². The van der Waals surface area contributed by atoms with Crippen LogP contribution in [0.4, 0.5) is 0 Å². The fourth-order valence-corrected chi connectivity index (χ4v) is 2.35. The van der Waals surface area contributed by atoms with Crippen LogP contribution in [0.25, 0.3) is 0 Å². The second-order valence-electron chi connectivity index (χ2n) is 6.49. The molecule has 2 rings (SSSR count). The van der Waals surface area contributed by atoms with E-state index in [0.717, 1.165) is 12.0 Å². The van der Waals surface area contributed by atoms with Crippen molar-refractivity contribution in [3.8, 4) is 5.75 Å². The minimum absolute atomic E-state index is 0.110. The number of para-hydroxylation sites is 1. The van der Waals surface area contributed by atoms with Crippen molar-refractivity contribution in [1.82, 2.24) is 10.6 Å². The van der Waals surface area contributed by atoms with Gasteiger partial charge in [-0.2, -0.15) is 0 Å². The average Bonchev–Trinajstić information content (AvgIpc) is 2.65. The highest BCUT2D eigenvalue weighted by molar-refractivity contribution is 5.97. The third kappa shape index (κ3) is 6.59. The molecule has 138 valence electrons. The Morgan fingerprint density at radius 1 is 0.962 bits per heavy atom. The van der Waals surface area contributed by atoms with Crippen LogP contribution in [0, 0.1) is 5.92 Å². The predicted molar refractivity (Wildman–Crippen MR) is 102 cm³/mol. The topological polar surface area (TPSA) is 67.4 Å². The van der Waals surface area contributed by atoms with Gasteiger partial charge in [0.2, 0.25) is 0 Å². The van der Waals surface area contributed by atoms with Crippen molar-refractivity contribution in [1.29, 1.82) is 0 Å². The van der Waals surface area contributed by atoms with E-state index in [0.29, 0.717) is 30.3 Å². The summed E-state index contributed by atoms with van der Waals surface area (Å²) in [6.07, 6.45) is 0.921. The number of amides is 2. The molecule has 0 unspecified atom stereocenters. The van der Waals surface area contributed by atoms with E-state index in [1.807, 2.05) is 30.3 Å². The molecule has 5 nitrogen and oxygen atoms in total. The van der Waals surface area contributed by atoms with Crippen molar-refractivity contribution >= 4 is 11.8 Å². The number of carbonyl (C=O) groups is 2. The first kappa shape index (κ1) is 19.5. The summed E-state index contributed by atoms with van der Waals surface area (Å²) >= 11 is 0. The molecule has 0 saturated heterocycles. The fraction of sp³-hybridized carbons (Fsp3) is 0.333. The molecular weight excluding hydrogens is 328 g/mol. The fourth-order valence-electron chi connectivity index (χ4n) is 2.35. The maximum absolute atomic E-state index is 12.4. The second kappa shape index (κ2) is 10.2. The van der Waals surface area contributed by atoms with Crippen molar-refractivity contribution in [2.45, 2.75) is 26.8 Å².